The van der Waals surface area contributed by atoms with Crippen LogP contribution in [0.25, 0.3) is 10.8 Å². The fourth-order valence-corrected chi connectivity index (χ4v) is 2.87. The second kappa shape index (κ2) is 4.94. The van der Waals surface area contributed by atoms with E-state index in [0.29, 0.717) is 0 Å². The fourth-order valence-electron chi connectivity index (χ4n) is 2.87. The van der Waals surface area contributed by atoms with Crippen LogP contribution < -0.4 is 10.5 Å². The lowest BCUT2D eigenvalue weighted by atomic mass is 9.98. The predicted molar refractivity (Wildman–Crippen MR) is 81.3 cm³/mol. The van der Waals surface area contributed by atoms with Crippen molar-refractivity contribution in [2.75, 3.05) is 18.0 Å². The Morgan fingerprint density at radius 1 is 1.25 bits per heavy atom. The van der Waals surface area contributed by atoms with Crippen LogP contribution in [0.3, 0.4) is 0 Å². The highest BCUT2D eigenvalue weighted by atomic mass is 16.3. The Bertz CT molecular complexity index is 675. The molecule has 0 aliphatic carbocycles. The van der Waals surface area contributed by atoms with Crippen LogP contribution in [-0.4, -0.2) is 28.8 Å². The maximum atomic E-state index is 12.1. The van der Waals surface area contributed by atoms with Crippen molar-refractivity contribution in [3.63, 3.8) is 0 Å². The first-order chi connectivity index (χ1) is 9.55. The number of hydrogen-bond donors (Lipinski definition) is 2. The van der Waals surface area contributed by atoms with E-state index in [1.165, 1.54) is 0 Å². The first kappa shape index (κ1) is 13.2. The second-order valence-corrected chi connectivity index (χ2v) is 5.91. The molecule has 2 heterocycles. The second-order valence-electron chi connectivity index (χ2n) is 5.91. The Labute approximate surface area is 118 Å². The van der Waals surface area contributed by atoms with Crippen molar-refractivity contribution in [3.8, 4) is 0 Å². The van der Waals surface area contributed by atoms with Gasteiger partial charge in [-0.2, -0.15) is 0 Å². The zero-order valence-electron chi connectivity index (χ0n) is 11.7. The minimum Gasteiger partial charge on any atom is -0.390 e. The largest absolute Gasteiger partial charge is 0.390 e. The summed E-state index contributed by atoms with van der Waals surface area (Å²) in [5.41, 5.74) is -0.638. The molecule has 1 aliphatic heterocycles. The van der Waals surface area contributed by atoms with Gasteiger partial charge >= 0.3 is 0 Å². The molecule has 20 heavy (non-hydrogen) atoms. The molecule has 3 rings (SSSR count). The van der Waals surface area contributed by atoms with Crippen molar-refractivity contribution in [2.45, 2.75) is 31.8 Å². The summed E-state index contributed by atoms with van der Waals surface area (Å²) < 4.78 is 0. The van der Waals surface area contributed by atoms with Crippen molar-refractivity contribution < 1.29 is 5.11 Å². The van der Waals surface area contributed by atoms with Gasteiger partial charge in [-0.05, 0) is 43.7 Å². The number of rotatable bonds is 1. The average molecular weight is 272 g/mol. The van der Waals surface area contributed by atoms with Gasteiger partial charge in [0.05, 0.1) is 5.60 Å². The monoisotopic (exact) mass is 272 g/mol. The molecule has 0 amide bonds. The number of anilines is 1. The van der Waals surface area contributed by atoms with E-state index in [-0.39, 0.29) is 5.56 Å². The molecule has 0 bridgehead atoms. The molecule has 2 aromatic rings. The first-order valence-electron chi connectivity index (χ1n) is 7.15. The maximum absolute atomic E-state index is 12.1. The van der Waals surface area contributed by atoms with E-state index in [0.717, 1.165) is 48.9 Å². The molecule has 1 aromatic heterocycles. The fraction of sp³-hybridized carbons (Fsp3) is 0.438. The predicted octanol–water partition coefficient (Wildman–Crippen LogP) is 2.27. The van der Waals surface area contributed by atoms with E-state index in [9.17, 15) is 9.90 Å². The highest BCUT2D eigenvalue weighted by Crippen LogP contribution is 2.25. The molecule has 4 nitrogen and oxygen atoms in total. The van der Waals surface area contributed by atoms with Crippen LogP contribution in [-0.2, 0) is 0 Å². The molecule has 0 saturated carbocycles. The van der Waals surface area contributed by atoms with Crippen molar-refractivity contribution in [1.29, 1.82) is 0 Å². The summed E-state index contributed by atoms with van der Waals surface area (Å²) in [6.07, 6.45) is 2.46. The zero-order chi connectivity index (χ0) is 14.2. The molecule has 1 fully saturated rings. The number of aromatic nitrogens is 1. The number of pyridine rings is 1. The van der Waals surface area contributed by atoms with Crippen molar-refractivity contribution in [2.24, 2.45) is 0 Å². The van der Waals surface area contributed by atoms with Gasteiger partial charge in [0, 0.05) is 18.5 Å². The van der Waals surface area contributed by atoms with Crippen LogP contribution in [0.15, 0.2) is 35.1 Å². The van der Waals surface area contributed by atoms with Gasteiger partial charge in [0.1, 0.15) is 5.82 Å². The van der Waals surface area contributed by atoms with Crippen LogP contribution in [0.2, 0.25) is 0 Å². The molecule has 0 radical (unpaired) electrons. The average Bonchev–Trinajstić information content (AvgIpc) is 2.60. The number of benzene rings is 1. The summed E-state index contributed by atoms with van der Waals surface area (Å²) in [4.78, 5) is 17.2. The third-order valence-electron chi connectivity index (χ3n) is 4.14. The molecule has 2 N–H and O–H groups in total. The third-order valence-corrected chi connectivity index (χ3v) is 4.14. The van der Waals surface area contributed by atoms with E-state index >= 15 is 0 Å². The van der Waals surface area contributed by atoms with Crippen LogP contribution >= 0.6 is 0 Å². The first-order valence-corrected chi connectivity index (χ1v) is 7.15. The van der Waals surface area contributed by atoms with Gasteiger partial charge in [0.2, 0.25) is 0 Å². The molecule has 106 valence electrons. The molecule has 1 aliphatic rings. The number of aromatic amines is 1. The summed E-state index contributed by atoms with van der Waals surface area (Å²) in [5.74, 6) is 0.853. The summed E-state index contributed by atoms with van der Waals surface area (Å²) in [7, 11) is 0. The SMILES string of the molecule is CC1(O)CCCN(c2cc3ccccc3c(=O)[nH]2)CC1. The van der Waals surface area contributed by atoms with Gasteiger partial charge in [-0.25, -0.2) is 0 Å². The number of aliphatic hydroxyl groups is 1. The standard InChI is InChI=1S/C16H20N2O2/c1-16(20)7-4-9-18(10-8-16)14-11-12-5-2-3-6-13(12)15(19)17-14/h2-3,5-6,11,20H,4,7-10H2,1H3,(H,17,19). The molecular weight excluding hydrogens is 252 g/mol. The molecule has 1 atom stereocenters. The quantitative estimate of drug-likeness (QED) is 0.837. The van der Waals surface area contributed by atoms with Crippen LogP contribution in [0, 0.1) is 0 Å². The highest BCUT2D eigenvalue weighted by Gasteiger charge is 2.25. The number of nitrogens with zero attached hydrogens (tertiary/aromatic N) is 1. The van der Waals surface area contributed by atoms with Crippen molar-refractivity contribution >= 4 is 16.6 Å². The Morgan fingerprint density at radius 2 is 2.05 bits per heavy atom. The molecule has 1 saturated heterocycles. The minimum atomic E-state index is -0.591. The minimum absolute atomic E-state index is 0.0471. The normalized spacial score (nSPS) is 23.8. The molecule has 1 aromatic carbocycles. The summed E-state index contributed by atoms with van der Waals surface area (Å²) in [6, 6.07) is 9.64. The van der Waals surface area contributed by atoms with Gasteiger partial charge in [0.25, 0.3) is 5.56 Å². The molecule has 4 heteroatoms. The van der Waals surface area contributed by atoms with Gasteiger partial charge < -0.3 is 15.0 Å². The zero-order valence-corrected chi connectivity index (χ0v) is 11.7. The van der Waals surface area contributed by atoms with Crippen molar-refractivity contribution in [1.82, 2.24) is 4.98 Å². The Hall–Kier alpha value is -1.81. The number of hydrogen-bond acceptors (Lipinski definition) is 3. The van der Waals surface area contributed by atoms with Crippen molar-refractivity contribution in [3.05, 3.63) is 40.7 Å². The number of H-pyrrole nitrogens is 1. The van der Waals surface area contributed by atoms with Gasteiger partial charge in [0.15, 0.2) is 0 Å². The topological polar surface area (TPSA) is 56.3 Å². The van der Waals surface area contributed by atoms with Crippen LogP contribution in [0.1, 0.15) is 26.2 Å². The van der Waals surface area contributed by atoms with E-state index < -0.39 is 5.60 Å². The Morgan fingerprint density at radius 3 is 2.90 bits per heavy atom. The lowest BCUT2D eigenvalue weighted by molar-refractivity contribution is 0.0481. The van der Waals surface area contributed by atoms with E-state index in [4.69, 9.17) is 0 Å². The summed E-state index contributed by atoms with van der Waals surface area (Å²) in [6.45, 7) is 3.52. The Balaban J connectivity index is 1.96. The lowest BCUT2D eigenvalue weighted by Gasteiger charge is -2.24. The molecular formula is C16H20N2O2. The van der Waals surface area contributed by atoms with Crippen LogP contribution in [0.5, 0.6) is 0 Å². The maximum Gasteiger partial charge on any atom is 0.257 e. The summed E-state index contributed by atoms with van der Waals surface area (Å²) in [5, 5.41) is 11.8. The smallest absolute Gasteiger partial charge is 0.257 e. The van der Waals surface area contributed by atoms with Gasteiger partial charge in [-0.1, -0.05) is 18.2 Å². The van der Waals surface area contributed by atoms with E-state index in [2.05, 4.69) is 9.88 Å². The number of fused-ring (bicyclic) bond motifs is 1. The van der Waals surface area contributed by atoms with E-state index in [1.807, 2.05) is 37.3 Å². The van der Waals surface area contributed by atoms with Crippen LogP contribution in [0.4, 0.5) is 5.82 Å². The number of nitrogens with one attached hydrogen (secondary N) is 1. The Kier molecular flexibility index (Phi) is 3.26. The third kappa shape index (κ3) is 2.56. The van der Waals surface area contributed by atoms with Gasteiger partial charge in [-0.15, -0.1) is 0 Å². The van der Waals surface area contributed by atoms with Gasteiger partial charge in [-0.3, -0.25) is 4.79 Å². The summed E-state index contributed by atoms with van der Waals surface area (Å²) >= 11 is 0. The highest BCUT2D eigenvalue weighted by molar-refractivity contribution is 5.83. The van der Waals surface area contributed by atoms with E-state index in [1.54, 1.807) is 0 Å². The molecule has 1 unspecified atom stereocenters. The molecule has 0 spiro atoms. The lowest BCUT2D eigenvalue weighted by Crippen LogP contribution is -2.29.